The quantitative estimate of drug-likeness (QED) is 0.468. The van der Waals surface area contributed by atoms with E-state index in [4.69, 9.17) is 11.6 Å². The molecule has 0 bridgehead atoms. The van der Waals surface area contributed by atoms with Gasteiger partial charge in [0.25, 0.3) is 11.8 Å². The van der Waals surface area contributed by atoms with Crippen molar-refractivity contribution < 1.29 is 23.1 Å². The fourth-order valence-electron chi connectivity index (χ4n) is 2.52. The smallest absolute Gasteiger partial charge is 0.265 e. The number of nitrogens with one attached hydrogen (secondary N) is 2. The number of hydrogen-bond acceptors (Lipinski definition) is 6. The highest BCUT2D eigenvalue weighted by molar-refractivity contribution is 7.91. The highest BCUT2D eigenvalue weighted by Crippen LogP contribution is 2.29. The molecule has 10 heteroatoms. The Labute approximate surface area is 182 Å². The van der Waals surface area contributed by atoms with E-state index in [2.05, 4.69) is 10.6 Å². The molecule has 0 aliphatic carbocycles. The van der Waals surface area contributed by atoms with Gasteiger partial charge in [0.05, 0.1) is 31.9 Å². The summed E-state index contributed by atoms with van der Waals surface area (Å²) in [7, 11) is -3.51. The van der Waals surface area contributed by atoms with E-state index in [0.29, 0.717) is 4.88 Å². The Hall–Kier alpha value is -2.88. The molecule has 0 saturated heterocycles. The third kappa shape index (κ3) is 4.81. The van der Waals surface area contributed by atoms with Crippen LogP contribution in [0.2, 0.25) is 5.02 Å². The van der Waals surface area contributed by atoms with E-state index in [1.165, 1.54) is 54.7 Å². The maximum atomic E-state index is 12.6. The number of benzene rings is 2. The molecule has 3 N–H and O–H groups in total. The van der Waals surface area contributed by atoms with Crippen LogP contribution in [0.15, 0.2) is 58.8 Å². The van der Waals surface area contributed by atoms with Gasteiger partial charge in [-0.05, 0) is 47.8 Å². The van der Waals surface area contributed by atoms with E-state index >= 15 is 0 Å². The number of aromatic hydroxyl groups is 1. The van der Waals surface area contributed by atoms with Gasteiger partial charge >= 0.3 is 0 Å². The molecule has 3 rings (SSSR count). The molecule has 0 unspecified atom stereocenters. The number of amides is 2. The number of carbonyl (C=O) groups excluding carboxylic acids is 2. The Balaban J connectivity index is 1.84. The molecule has 1 aromatic heterocycles. The van der Waals surface area contributed by atoms with E-state index in [9.17, 15) is 23.1 Å². The molecule has 0 saturated carbocycles. The first-order valence-electron chi connectivity index (χ1n) is 8.73. The second-order valence-corrected chi connectivity index (χ2v) is 9.80. The van der Waals surface area contributed by atoms with Crippen molar-refractivity contribution >= 4 is 56.0 Å². The van der Waals surface area contributed by atoms with Gasteiger partial charge in [-0.1, -0.05) is 24.6 Å². The van der Waals surface area contributed by atoms with E-state index in [0.717, 1.165) is 0 Å². The predicted molar refractivity (Wildman–Crippen MR) is 118 cm³/mol. The van der Waals surface area contributed by atoms with Gasteiger partial charge in [0, 0.05) is 5.56 Å². The minimum absolute atomic E-state index is 0.0156. The molecule has 2 aromatic carbocycles. The summed E-state index contributed by atoms with van der Waals surface area (Å²) in [6.07, 6.45) is 0. The summed E-state index contributed by atoms with van der Waals surface area (Å²) >= 11 is 7.39. The van der Waals surface area contributed by atoms with Gasteiger partial charge in [0.1, 0.15) is 5.75 Å². The van der Waals surface area contributed by atoms with Crippen LogP contribution in [-0.4, -0.2) is 31.1 Å². The number of halogens is 1. The van der Waals surface area contributed by atoms with Crippen LogP contribution in [0, 0.1) is 0 Å². The van der Waals surface area contributed by atoms with E-state index < -0.39 is 15.7 Å². The Morgan fingerprint density at radius 3 is 2.43 bits per heavy atom. The largest absolute Gasteiger partial charge is 0.506 e. The van der Waals surface area contributed by atoms with Crippen molar-refractivity contribution in [2.45, 2.75) is 11.8 Å². The molecule has 1 heterocycles. The number of sulfone groups is 1. The lowest BCUT2D eigenvalue weighted by molar-refractivity contribution is 0.101. The Kier molecular flexibility index (Phi) is 6.45. The highest BCUT2D eigenvalue weighted by Gasteiger charge is 2.17. The molecule has 30 heavy (non-hydrogen) atoms. The third-order valence-electron chi connectivity index (χ3n) is 4.18. The van der Waals surface area contributed by atoms with E-state index in [1.54, 1.807) is 17.5 Å². The molecule has 0 fully saturated rings. The number of phenols is 1. The van der Waals surface area contributed by atoms with Crippen molar-refractivity contribution in [2.24, 2.45) is 0 Å². The number of thiophene rings is 1. The summed E-state index contributed by atoms with van der Waals surface area (Å²) in [6, 6.07) is 11.4. The molecule has 7 nitrogen and oxygen atoms in total. The third-order valence-corrected chi connectivity index (χ3v) is 7.11. The monoisotopic (exact) mass is 464 g/mol. The van der Waals surface area contributed by atoms with Gasteiger partial charge in [-0.25, -0.2) is 8.42 Å². The summed E-state index contributed by atoms with van der Waals surface area (Å²) in [6.45, 7) is 1.50. The first-order valence-corrected chi connectivity index (χ1v) is 11.6. The van der Waals surface area contributed by atoms with Crippen molar-refractivity contribution in [3.05, 3.63) is 69.4 Å². The summed E-state index contributed by atoms with van der Waals surface area (Å²) < 4.78 is 24.1. The maximum Gasteiger partial charge on any atom is 0.265 e. The van der Waals surface area contributed by atoms with Crippen molar-refractivity contribution in [2.75, 3.05) is 16.4 Å². The van der Waals surface area contributed by atoms with Gasteiger partial charge in [-0.3, -0.25) is 9.59 Å². The predicted octanol–water partition coefficient (Wildman–Crippen LogP) is 4.41. The lowest BCUT2D eigenvalue weighted by Crippen LogP contribution is -2.15. The first kappa shape index (κ1) is 21.8. The fourth-order valence-corrected chi connectivity index (χ4v) is 4.21. The zero-order chi connectivity index (χ0) is 21.9. The van der Waals surface area contributed by atoms with Crippen LogP contribution in [0.3, 0.4) is 0 Å². The minimum atomic E-state index is -3.51. The molecule has 0 spiro atoms. The molecule has 2 amide bonds. The number of rotatable bonds is 6. The van der Waals surface area contributed by atoms with Crippen molar-refractivity contribution in [3.63, 3.8) is 0 Å². The Morgan fingerprint density at radius 2 is 1.77 bits per heavy atom. The number of phenolic OH excluding ortho intramolecular Hbond substituents is 1. The lowest BCUT2D eigenvalue weighted by Gasteiger charge is -2.11. The van der Waals surface area contributed by atoms with Crippen LogP contribution < -0.4 is 10.6 Å². The number of hydrogen-bond donors (Lipinski definition) is 3. The molecule has 0 aliphatic heterocycles. The van der Waals surface area contributed by atoms with Gasteiger partial charge in [-0.15, -0.1) is 11.3 Å². The summed E-state index contributed by atoms with van der Waals surface area (Å²) in [4.78, 5) is 25.4. The lowest BCUT2D eigenvalue weighted by atomic mass is 10.1. The molecule has 156 valence electrons. The van der Waals surface area contributed by atoms with Gasteiger partial charge < -0.3 is 15.7 Å². The van der Waals surface area contributed by atoms with Gasteiger partial charge in [0.2, 0.25) is 0 Å². The molecule has 0 atom stereocenters. The van der Waals surface area contributed by atoms with Crippen LogP contribution in [0.5, 0.6) is 5.75 Å². The Morgan fingerprint density at radius 1 is 1.03 bits per heavy atom. The summed E-state index contributed by atoms with van der Waals surface area (Å²) in [5.41, 5.74) is 0.354. The second-order valence-electron chi connectivity index (χ2n) is 6.16. The van der Waals surface area contributed by atoms with Gasteiger partial charge in [-0.2, -0.15) is 0 Å². The topological polar surface area (TPSA) is 113 Å². The summed E-state index contributed by atoms with van der Waals surface area (Å²) in [5, 5.41) is 17.1. The first-order chi connectivity index (χ1) is 14.2. The van der Waals surface area contributed by atoms with Crippen LogP contribution >= 0.6 is 22.9 Å². The zero-order valence-corrected chi connectivity index (χ0v) is 18.1. The highest BCUT2D eigenvalue weighted by atomic mass is 35.5. The van der Waals surface area contributed by atoms with Crippen LogP contribution in [-0.2, 0) is 9.84 Å². The van der Waals surface area contributed by atoms with Gasteiger partial charge in [0.15, 0.2) is 9.84 Å². The van der Waals surface area contributed by atoms with Crippen molar-refractivity contribution in [1.29, 1.82) is 0 Å². The average molecular weight is 465 g/mol. The van der Waals surface area contributed by atoms with Crippen molar-refractivity contribution in [1.82, 2.24) is 0 Å². The maximum absolute atomic E-state index is 12.6. The standard InChI is InChI=1S/C20H17ClN2O5S2/c1-2-30(27,28)13-6-8-17(24)16(11-13)23-19(25)12-5-7-14(21)15(10-12)22-20(26)18-4-3-9-29-18/h3-11,24H,2H2,1H3,(H,22,26)(H,23,25). The Bertz CT molecular complexity index is 1210. The molecular weight excluding hydrogens is 448 g/mol. The summed E-state index contributed by atoms with van der Waals surface area (Å²) in [5.74, 6) is -1.37. The molecule has 0 radical (unpaired) electrons. The van der Waals surface area contributed by atoms with Crippen LogP contribution in [0.1, 0.15) is 27.0 Å². The van der Waals surface area contributed by atoms with Crippen molar-refractivity contribution in [3.8, 4) is 5.75 Å². The molecule has 0 aliphatic rings. The van der Waals surface area contributed by atoms with E-state index in [-0.39, 0.29) is 44.3 Å². The zero-order valence-electron chi connectivity index (χ0n) is 15.7. The number of anilines is 2. The van der Waals surface area contributed by atoms with Crippen LogP contribution in [0.4, 0.5) is 11.4 Å². The number of carbonyl (C=O) groups is 2. The van der Waals surface area contributed by atoms with Crippen LogP contribution in [0.25, 0.3) is 0 Å². The average Bonchev–Trinajstić information content (AvgIpc) is 3.26. The SMILES string of the molecule is CCS(=O)(=O)c1ccc(O)c(NC(=O)c2ccc(Cl)c(NC(=O)c3cccs3)c2)c1. The normalized spacial score (nSPS) is 11.1. The fraction of sp³-hybridized carbons (Fsp3) is 0.100. The minimum Gasteiger partial charge on any atom is -0.506 e. The second kappa shape index (κ2) is 8.86. The molecule has 3 aromatic rings. The van der Waals surface area contributed by atoms with E-state index in [1.807, 2.05) is 0 Å². The molecular formula is C20H17ClN2O5S2.